The summed E-state index contributed by atoms with van der Waals surface area (Å²) in [6.45, 7) is 10.00. The second-order valence-corrected chi connectivity index (χ2v) is 6.83. The molecule has 100 valence electrons. The van der Waals surface area contributed by atoms with E-state index in [1.807, 2.05) is 25.7 Å². The highest BCUT2D eigenvalue weighted by atomic mass is 32.1. The van der Waals surface area contributed by atoms with E-state index in [2.05, 4.69) is 18.4 Å². The fourth-order valence-corrected chi connectivity index (χ4v) is 3.04. The summed E-state index contributed by atoms with van der Waals surface area (Å²) in [5.41, 5.74) is 0.950. The Balaban J connectivity index is 2.07. The van der Waals surface area contributed by atoms with Crippen LogP contribution < -0.4 is 0 Å². The van der Waals surface area contributed by atoms with Gasteiger partial charge in [0.25, 0.3) is 0 Å². The fraction of sp³-hybridized carbons (Fsp3) is 0.643. The maximum Gasteiger partial charge on any atom is 0.228 e. The van der Waals surface area contributed by atoms with Gasteiger partial charge in [0.2, 0.25) is 5.91 Å². The predicted octanol–water partition coefficient (Wildman–Crippen LogP) is 3.00. The Bertz CT molecular complexity index is 433. The second-order valence-electron chi connectivity index (χ2n) is 5.89. The minimum Gasteiger partial charge on any atom is -0.369 e. The third-order valence-corrected chi connectivity index (χ3v) is 4.21. The van der Waals surface area contributed by atoms with Crippen LogP contribution in [0.3, 0.4) is 0 Å². The summed E-state index contributed by atoms with van der Waals surface area (Å²) in [5.74, 6) is 0.212. The number of carbonyl (C=O) groups excluding carboxylic acids is 1. The third kappa shape index (κ3) is 2.93. The Morgan fingerprint density at radius 1 is 1.50 bits per heavy atom. The molecule has 1 unspecified atom stereocenters. The molecule has 0 bridgehead atoms. The van der Waals surface area contributed by atoms with Crippen molar-refractivity contribution >= 4 is 17.2 Å². The highest BCUT2D eigenvalue weighted by molar-refractivity contribution is 7.10. The minimum absolute atomic E-state index is 0.0451. The summed E-state index contributed by atoms with van der Waals surface area (Å²) >= 11 is 1.71. The molecule has 0 radical (unpaired) electrons. The van der Waals surface area contributed by atoms with Crippen LogP contribution in [0.25, 0.3) is 0 Å². The maximum atomic E-state index is 12.3. The minimum atomic E-state index is -0.312. The number of aryl methyl sites for hydroxylation is 1. The van der Waals surface area contributed by atoms with Crippen molar-refractivity contribution in [3.63, 3.8) is 0 Å². The molecular weight excluding hydrogens is 246 g/mol. The number of hydrogen-bond acceptors (Lipinski definition) is 3. The number of amides is 1. The lowest BCUT2D eigenvalue weighted by Gasteiger charge is -2.36. The zero-order valence-electron chi connectivity index (χ0n) is 11.5. The van der Waals surface area contributed by atoms with Gasteiger partial charge in [-0.1, -0.05) is 20.8 Å². The molecule has 1 aromatic heterocycles. The Morgan fingerprint density at radius 2 is 2.22 bits per heavy atom. The van der Waals surface area contributed by atoms with Gasteiger partial charge in [0.05, 0.1) is 13.2 Å². The van der Waals surface area contributed by atoms with Crippen molar-refractivity contribution < 1.29 is 9.53 Å². The number of rotatable bonds is 1. The number of thiophene rings is 1. The highest BCUT2D eigenvalue weighted by Crippen LogP contribution is 2.29. The van der Waals surface area contributed by atoms with E-state index < -0.39 is 0 Å². The predicted molar refractivity (Wildman–Crippen MR) is 73.8 cm³/mol. The average molecular weight is 267 g/mol. The molecule has 1 aromatic rings. The van der Waals surface area contributed by atoms with E-state index in [0.717, 1.165) is 0 Å². The van der Waals surface area contributed by atoms with E-state index in [9.17, 15) is 4.79 Å². The largest absolute Gasteiger partial charge is 0.369 e. The first kappa shape index (κ1) is 13.6. The van der Waals surface area contributed by atoms with Crippen LogP contribution in [-0.2, 0) is 9.53 Å². The highest BCUT2D eigenvalue weighted by Gasteiger charge is 2.32. The molecule has 1 aliphatic heterocycles. The van der Waals surface area contributed by atoms with Crippen molar-refractivity contribution in [2.45, 2.75) is 33.8 Å². The summed E-state index contributed by atoms with van der Waals surface area (Å²) < 4.78 is 5.79. The Kier molecular flexibility index (Phi) is 3.78. The van der Waals surface area contributed by atoms with Crippen LogP contribution in [0.15, 0.2) is 11.4 Å². The van der Waals surface area contributed by atoms with E-state index in [1.54, 1.807) is 11.3 Å². The lowest BCUT2D eigenvalue weighted by molar-refractivity contribution is -0.147. The fourth-order valence-electron chi connectivity index (χ4n) is 2.10. The van der Waals surface area contributed by atoms with Crippen LogP contribution >= 0.6 is 11.3 Å². The van der Waals surface area contributed by atoms with E-state index in [-0.39, 0.29) is 17.4 Å². The normalized spacial score (nSPS) is 21.1. The van der Waals surface area contributed by atoms with Gasteiger partial charge in [-0.05, 0) is 23.9 Å². The van der Waals surface area contributed by atoms with Gasteiger partial charge in [0.1, 0.15) is 6.10 Å². The van der Waals surface area contributed by atoms with E-state index in [0.29, 0.717) is 19.7 Å². The van der Waals surface area contributed by atoms with Crippen molar-refractivity contribution in [3.8, 4) is 0 Å². The van der Waals surface area contributed by atoms with Crippen molar-refractivity contribution in [3.05, 3.63) is 21.9 Å². The first-order valence-electron chi connectivity index (χ1n) is 6.34. The number of morpholine rings is 1. The summed E-state index contributed by atoms with van der Waals surface area (Å²) in [5, 5.41) is 2.13. The molecule has 18 heavy (non-hydrogen) atoms. The lowest BCUT2D eigenvalue weighted by atomic mass is 9.94. The summed E-state index contributed by atoms with van der Waals surface area (Å²) in [6, 6.07) is 2.15. The first-order valence-corrected chi connectivity index (χ1v) is 7.22. The lowest BCUT2D eigenvalue weighted by Crippen LogP contribution is -2.46. The van der Waals surface area contributed by atoms with Crippen LogP contribution in [0.4, 0.5) is 0 Å². The van der Waals surface area contributed by atoms with Gasteiger partial charge in [0.15, 0.2) is 0 Å². The van der Waals surface area contributed by atoms with Crippen molar-refractivity contribution in [2.24, 2.45) is 5.41 Å². The molecular formula is C14H21NO2S. The smallest absolute Gasteiger partial charge is 0.228 e. The van der Waals surface area contributed by atoms with Crippen LogP contribution in [0.1, 0.15) is 37.3 Å². The monoisotopic (exact) mass is 267 g/mol. The number of hydrogen-bond donors (Lipinski definition) is 0. The molecule has 0 spiro atoms. The summed E-state index contributed by atoms with van der Waals surface area (Å²) in [7, 11) is 0. The molecule has 0 N–H and O–H groups in total. The van der Waals surface area contributed by atoms with E-state index in [4.69, 9.17) is 4.74 Å². The molecule has 1 saturated heterocycles. The summed E-state index contributed by atoms with van der Waals surface area (Å²) in [4.78, 5) is 15.4. The maximum absolute atomic E-state index is 12.3. The van der Waals surface area contributed by atoms with E-state index >= 15 is 0 Å². The number of nitrogens with zero attached hydrogens (tertiary/aromatic N) is 1. The molecule has 2 rings (SSSR count). The number of ether oxygens (including phenoxy) is 1. The molecule has 1 amide bonds. The zero-order valence-corrected chi connectivity index (χ0v) is 12.3. The van der Waals surface area contributed by atoms with Gasteiger partial charge >= 0.3 is 0 Å². The van der Waals surface area contributed by atoms with Crippen LogP contribution in [0.2, 0.25) is 0 Å². The number of carbonyl (C=O) groups is 1. The Morgan fingerprint density at radius 3 is 2.78 bits per heavy atom. The molecule has 0 aliphatic carbocycles. The molecule has 2 heterocycles. The SMILES string of the molecule is Cc1csc(C2CN(C(=O)C(C)(C)C)CCO2)c1. The molecule has 1 aliphatic rings. The van der Waals surface area contributed by atoms with Gasteiger partial charge in [-0.25, -0.2) is 0 Å². The van der Waals surface area contributed by atoms with E-state index in [1.165, 1.54) is 10.4 Å². The van der Waals surface area contributed by atoms with Crippen molar-refractivity contribution in [1.29, 1.82) is 0 Å². The topological polar surface area (TPSA) is 29.5 Å². The third-order valence-electron chi connectivity index (χ3n) is 3.06. The molecule has 4 heteroatoms. The second kappa shape index (κ2) is 5.02. The molecule has 3 nitrogen and oxygen atoms in total. The first-order chi connectivity index (χ1) is 8.38. The molecule has 0 saturated carbocycles. The van der Waals surface area contributed by atoms with Gasteiger partial charge < -0.3 is 9.64 Å². The zero-order chi connectivity index (χ0) is 13.3. The van der Waals surface area contributed by atoms with Gasteiger partial charge in [-0.2, -0.15) is 0 Å². The van der Waals surface area contributed by atoms with Crippen molar-refractivity contribution in [1.82, 2.24) is 4.90 Å². The summed E-state index contributed by atoms with van der Waals surface area (Å²) in [6.07, 6.45) is 0.0451. The van der Waals surface area contributed by atoms with Crippen LogP contribution in [-0.4, -0.2) is 30.5 Å². The average Bonchev–Trinajstić information content (AvgIpc) is 2.74. The molecule has 0 aromatic carbocycles. The van der Waals surface area contributed by atoms with Gasteiger partial charge in [0, 0.05) is 16.8 Å². The van der Waals surface area contributed by atoms with Crippen molar-refractivity contribution in [2.75, 3.05) is 19.7 Å². The van der Waals surface area contributed by atoms with Crippen LogP contribution in [0.5, 0.6) is 0 Å². The molecule has 1 fully saturated rings. The van der Waals surface area contributed by atoms with Gasteiger partial charge in [-0.15, -0.1) is 11.3 Å². The Labute approximate surface area is 113 Å². The van der Waals surface area contributed by atoms with Gasteiger partial charge in [-0.3, -0.25) is 4.79 Å². The standard InChI is InChI=1S/C14H21NO2S/c1-10-7-12(18-9-10)11-8-15(5-6-17-11)13(16)14(2,3)4/h7,9,11H,5-6,8H2,1-4H3. The van der Waals surface area contributed by atoms with Crippen LogP contribution in [0, 0.1) is 12.3 Å². The quantitative estimate of drug-likeness (QED) is 0.783. The Hall–Kier alpha value is -0.870. The molecule has 1 atom stereocenters.